The first kappa shape index (κ1) is 16.5. The van der Waals surface area contributed by atoms with Crippen LogP contribution in [0.15, 0.2) is 30.5 Å². The molecule has 0 radical (unpaired) electrons. The molecule has 0 bridgehead atoms. The smallest absolute Gasteiger partial charge is 0.248 e. The Kier molecular flexibility index (Phi) is 5.15. The number of amides is 1. The van der Waals surface area contributed by atoms with Gasteiger partial charge in [-0.1, -0.05) is 6.42 Å². The second kappa shape index (κ2) is 7.49. The Morgan fingerprint density at radius 2 is 2.29 bits per heavy atom. The van der Waals surface area contributed by atoms with Crippen LogP contribution in [0.3, 0.4) is 0 Å². The topological polar surface area (TPSA) is 82.2 Å². The van der Waals surface area contributed by atoms with Crippen molar-refractivity contribution in [1.82, 2.24) is 15.1 Å². The first-order chi connectivity index (χ1) is 11.6. The maximum Gasteiger partial charge on any atom is 0.248 e. The summed E-state index contributed by atoms with van der Waals surface area (Å²) in [5, 5.41) is 7.72. The Morgan fingerprint density at radius 1 is 1.42 bits per heavy atom. The van der Waals surface area contributed by atoms with Crippen molar-refractivity contribution in [2.24, 2.45) is 12.8 Å². The van der Waals surface area contributed by atoms with Crippen LogP contribution in [0.1, 0.15) is 36.0 Å². The molecule has 1 unspecified atom stereocenters. The SMILES string of the molecule is Cn1nccc1-c1cc(C(N)=O)ccc1OCCC1CCCCN1. The molecule has 1 aromatic carbocycles. The molecule has 1 amide bonds. The van der Waals surface area contributed by atoms with E-state index in [1.54, 1.807) is 23.0 Å². The van der Waals surface area contributed by atoms with E-state index in [0.717, 1.165) is 30.0 Å². The number of aromatic nitrogens is 2. The third-order valence-corrected chi connectivity index (χ3v) is 4.50. The highest BCUT2D eigenvalue weighted by Gasteiger charge is 2.15. The Morgan fingerprint density at radius 3 is 2.96 bits per heavy atom. The lowest BCUT2D eigenvalue weighted by Crippen LogP contribution is -2.35. The average Bonchev–Trinajstić information content (AvgIpc) is 3.02. The Labute approximate surface area is 142 Å². The predicted octanol–water partition coefficient (Wildman–Crippen LogP) is 2.10. The molecule has 6 nitrogen and oxygen atoms in total. The van der Waals surface area contributed by atoms with Crippen molar-refractivity contribution in [3.63, 3.8) is 0 Å². The lowest BCUT2D eigenvalue weighted by Gasteiger charge is -2.23. The number of nitrogens with two attached hydrogens (primary N) is 1. The van der Waals surface area contributed by atoms with Crippen LogP contribution in [0.4, 0.5) is 0 Å². The molecule has 1 aliphatic rings. The largest absolute Gasteiger partial charge is 0.493 e. The average molecular weight is 328 g/mol. The molecule has 1 aliphatic heterocycles. The van der Waals surface area contributed by atoms with E-state index in [2.05, 4.69) is 10.4 Å². The summed E-state index contributed by atoms with van der Waals surface area (Å²) < 4.78 is 7.78. The summed E-state index contributed by atoms with van der Waals surface area (Å²) in [5.74, 6) is 0.302. The zero-order chi connectivity index (χ0) is 16.9. The number of benzene rings is 1. The van der Waals surface area contributed by atoms with E-state index in [-0.39, 0.29) is 0 Å². The van der Waals surface area contributed by atoms with Crippen molar-refractivity contribution < 1.29 is 9.53 Å². The number of ether oxygens (including phenoxy) is 1. The predicted molar refractivity (Wildman–Crippen MR) is 92.9 cm³/mol. The fourth-order valence-corrected chi connectivity index (χ4v) is 3.13. The molecule has 24 heavy (non-hydrogen) atoms. The van der Waals surface area contributed by atoms with Crippen LogP contribution in [0.5, 0.6) is 5.75 Å². The summed E-state index contributed by atoms with van der Waals surface area (Å²) in [5.41, 5.74) is 7.61. The van der Waals surface area contributed by atoms with Gasteiger partial charge in [0.25, 0.3) is 0 Å². The van der Waals surface area contributed by atoms with Gasteiger partial charge in [-0.05, 0) is 50.1 Å². The monoisotopic (exact) mass is 328 g/mol. The third kappa shape index (κ3) is 3.76. The highest BCUT2D eigenvalue weighted by molar-refractivity contribution is 5.94. The Hall–Kier alpha value is -2.34. The number of carbonyl (C=O) groups is 1. The fourth-order valence-electron chi connectivity index (χ4n) is 3.13. The first-order valence-corrected chi connectivity index (χ1v) is 8.43. The van der Waals surface area contributed by atoms with Crippen LogP contribution in [-0.4, -0.2) is 34.9 Å². The van der Waals surface area contributed by atoms with Crippen LogP contribution in [0.2, 0.25) is 0 Å². The van der Waals surface area contributed by atoms with E-state index in [1.807, 2.05) is 19.2 Å². The quantitative estimate of drug-likeness (QED) is 0.851. The summed E-state index contributed by atoms with van der Waals surface area (Å²) >= 11 is 0. The number of rotatable bonds is 6. The first-order valence-electron chi connectivity index (χ1n) is 8.43. The molecule has 1 aromatic heterocycles. The van der Waals surface area contributed by atoms with E-state index >= 15 is 0 Å². The van der Waals surface area contributed by atoms with Gasteiger partial charge >= 0.3 is 0 Å². The second-order valence-electron chi connectivity index (χ2n) is 6.20. The normalized spacial score (nSPS) is 17.6. The summed E-state index contributed by atoms with van der Waals surface area (Å²) in [7, 11) is 1.86. The molecule has 1 saturated heterocycles. The van der Waals surface area contributed by atoms with Crippen LogP contribution in [0, 0.1) is 0 Å². The maximum absolute atomic E-state index is 11.5. The van der Waals surface area contributed by atoms with Gasteiger partial charge in [0.1, 0.15) is 5.75 Å². The van der Waals surface area contributed by atoms with E-state index in [0.29, 0.717) is 18.2 Å². The van der Waals surface area contributed by atoms with E-state index in [4.69, 9.17) is 10.5 Å². The van der Waals surface area contributed by atoms with Crippen molar-refractivity contribution in [2.45, 2.75) is 31.7 Å². The number of piperidine rings is 1. The minimum Gasteiger partial charge on any atom is -0.493 e. The third-order valence-electron chi connectivity index (χ3n) is 4.50. The van der Waals surface area contributed by atoms with Crippen molar-refractivity contribution in [3.05, 3.63) is 36.0 Å². The molecule has 3 N–H and O–H groups in total. The fraction of sp³-hybridized carbons (Fsp3) is 0.444. The van der Waals surface area contributed by atoms with E-state index in [1.165, 1.54) is 19.3 Å². The molecule has 3 rings (SSSR count). The van der Waals surface area contributed by atoms with Crippen LogP contribution in [0.25, 0.3) is 11.3 Å². The molecule has 1 fully saturated rings. The van der Waals surface area contributed by atoms with Gasteiger partial charge in [-0.3, -0.25) is 9.48 Å². The van der Waals surface area contributed by atoms with Gasteiger partial charge in [-0.25, -0.2) is 0 Å². The number of primary amides is 1. The summed E-state index contributed by atoms with van der Waals surface area (Å²) in [6.45, 7) is 1.73. The summed E-state index contributed by atoms with van der Waals surface area (Å²) in [6.07, 6.45) is 6.45. The van der Waals surface area contributed by atoms with Gasteiger partial charge in [0.15, 0.2) is 0 Å². The zero-order valence-corrected chi connectivity index (χ0v) is 14.0. The maximum atomic E-state index is 11.5. The number of aryl methyl sites for hydroxylation is 1. The molecule has 0 aliphatic carbocycles. The number of hydrogen-bond acceptors (Lipinski definition) is 4. The van der Waals surface area contributed by atoms with E-state index in [9.17, 15) is 4.79 Å². The molecular weight excluding hydrogens is 304 g/mol. The van der Waals surface area contributed by atoms with Gasteiger partial charge < -0.3 is 15.8 Å². The standard InChI is InChI=1S/C18H24N4O2/c1-22-16(7-10-21-22)15-12-13(18(19)23)5-6-17(15)24-11-8-14-4-2-3-9-20-14/h5-7,10,12,14,20H,2-4,8-9,11H2,1H3,(H2,19,23). The molecular formula is C18H24N4O2. The lowest BCUT2D eigenvalue weighted by atomic mass is 10.0. The van der Waals surface area contributed by atoms with Crippen molar-refractivity contribution in [2.75, 3.05) is 13.2 Å². The van der Waals surface area contributed by atoms with Gasteiger partial charge in [-0.15, -0.1) is 0 Å². The highest BCUT2D eigenvalue weighted by Crippen LogP contribution is 2.31. The highest BCUT2D eigenvalue weighted by atomic mass is 16.5. The molecule has 2 heterocycles. The lowest BCUT2D eigenvalue weighted by molar-refractivity contribution is 0.100. The molecule has 6 heteroatoms. The number of hydrogen-bond donors (Lipinski definition) is 2. The van der Waals surface area contributed by atoms with Crippen LogP contribution in [-0.2, 0) is 7.05 Å². The Bertz CT molecular complexity index is 705. The molecule has 0 spiro atoms. The molecule has 1 atom stereocenters. The minimum atomic E-state index is -0.448. The molecule has 2 aromatic rings. The summed E-state index contributed by atoms with van der Waals surface area (Å²) in [6, 6.07) is 7.72. The van der Waals surface area contributed by atoms with Crippen LogP contribution >= 0.6 is 0 Å². The zero-order valence-electron chi connectivity index (χ0n) is 14.0. The number of carbonyl (C=O) groups excluding carboxylic acids is 1. The van der Waals surface area contributed by atoms with Crippen molar-refractivity contribution in [3.8, 4) is 17.0 Å². The Balaban J connectivity index is 1.76. The molecule has 0 saturated carbocycles. The van der Waals surface area contributed by atoms with Gasteiger partial charge in [0.05, 0.1) is 12.3 Å². The molecule has 128 valence electrons. The van der Waals surface area contributed by atoms with E-state index < -0.39 is 5.91 Å². The number of nitrogens with one attached hydrogen (secondary N) is 1. The van der Waals surface area contributed by atoms with Gasteiger partial charge in [-0.2, -0.15) is 5.10 Å². The van der Waals surface area contributed by atoms with Crippen molar-refractivity contribution >= 4 is 5.91 Å². The van der Waals surface area contributed by atoms with Gasteiger partial charge in [0.2, 0.25) is 5.91 Å². The minimum absolute atomic E-state index is 0.448. The summed E-state index contributed by atoms with van der Waals surface area (Å²) in [4.78, 5) is 11.5. The van der Waals surface area contributed by atoms with Crippen LogP contribution < -0.4 is 15.8 Å². The van der Waals surface area contributed by atoms with Crippen molar-refractivity contribution in [1.29, 1.82) is 0 Å². The van der Waals surface area contributed by atoms with Gasteiger partial charge in [0, 0.05) is 30.4 Å². The second-order valence-corrected chi connectivity index (χ2v) is 6.20. The number of nitrogens with zero attached hydrogens (tertiary/aromatic N) is 2.